The normalized spacial score (nSPS) is 19.7. The molecule has 1 atom stereocenters. The quantitative estimate of drug-likeness (QED) is 0.847. The molecule has 114 valence electrons. The van der Waals surface area contributed by atoms with Gasteiger partial charge in [-0.15, -0.1) is 0 Å². The molecule has 0 saturated heterocycles. The van der Waals surface area contributed by atoms with E-state index in [1.54, 1.807) is 18.2 Å². The maximum absolute atomic E-state index is 12.3. The first-order chi connectivity index (χ1) is 9.84. The van der Waals surface area contributed by atoms with Crippen LogP contribution in [0.5, 0.6) is 0 Å². The SMILES string of the molecule is COCC(=O)N(c1ccc(C)c(Cl)c1)[C@@H]1C=CS(=O)(=O)C1. The van der Waals surface area contributed by atoms with Crippen molar-refractivity contribution in [3.05, 3.63) is 40.3 Å². The van der Waals surface area contributed by atoms with E-state index in [0.29, 0.717) is 10.7 Å². The van der Waals surface area contributed by atoms with E-state index in [4.69, 9.17) is 16.3 Å². The second-order valence-electron chi connectivity index (χ2n) is 4.86. The largest absolute Gasteiger partial charge is 0.375 e. The summed E-state index contributed by atoms with van der Waals surface area (Å²) in [5, 5.41) is 1.66. The van der Waals surface area contributed by atoms with Gasteiger partial charge in [0.1, 0.15) is 6.61 Å². The van der Waals surface area contributed by atoms with Crippen LogP contribution in [0.4, 0.5) is 5.69 Å². The highest BCUT2D eigenvalue weighted by molar-refractivity contribution is 7.94. The number of carbonyl (C=O) groups is 1. The van der Waals surface area contributed by atoms with Crippen LogP contribution in [0.1, 0.15) is 5.56 Å². The monoisotopic (exact) mass is 329 g/mol. The summed E-state index contributed by atoms with van der Waals surface area (Å²) < 4.78 is 28.1. The van der Waals surface area contributed by atoms with Crippen LogP contribution >= 0.6 is 11.6 Å². The third-order valence-corrected chi connectivity index (χ3v) is 5.00. The third kappa shape index (κ3) is 3.64. The average Bonchev–Trinajstić information content (AvgIpc) is 2.74. The van der Waals surface area contributed by atoms with Crippen molar-refractivity contribution in [1.29, 1.82) is 0 Å². The lowest BCUT2D eigenvalue weighted by atomic mass is 10.1. The Bertz CT molecular complexity index is 684. The Morgan fingerprint density at radius 1 is 1.48 bits per heavy atom. The van der Waals surface area contributed by atoms with Gasteiger partial charge in [-0.25, -0.2) is 8.42 Å². The second kappa shape index (κ2) is 6.17. The summed E-state index contributed by atoms with van der Waals surface area (Å²) in [6, 6.07) is 4.64. The Morgan fingerprint density at radius 3 is 2.71 bits per heavy atom. The number of methoxy groups -OCH3 is 1. The van der Waals surface area contributed by atoms with Gasteiger partial charge in [0.15, 0.2) is 9.84 Å². The number of hydrogen-bond acceptors (Lipinski definition) is 4. The number of carbonyl (C=O) groups excluding carboxylic acids is 1. The number of sulfone groups is 1. The predicted molar refractivity (Wildman–Crippen MR) is 82.3 cm³/mol. The fraction of sp³-hybridized carbons (Fsp3) is 0.357. The molecule has 1 aromatic carbocycles. The summed E-state index contributed by atoms with van der Waals surface area (Å²) in [5.74, 6) is -0.447. The molecule has 0 radical (unpaired) electrons. The lowest BCUT2D eigenvalue weighted by Gasteiger charge is -2.27. The van der Waals surface area contributed by atoms with Gasteiger partial charge in [-0.3, -0.25) is 4.79 Å². The van der Waals surface area contributed by atoms with E-state index >= 15 is 0 Å². The van der Waals surface area contributed by atoms with E-state index in [1.807, 2.05) is 6.92 Å². The van der Waals surface area contributed by atoms with Crippen molar-refractivity contribution in [2.45, 2.75) is 13.0 Å². The van der Waals surface area contributed by atoms with Gasteiger partial charge in [0.25, 0.3) is 5.91 Å². The Balaban J connectivity index is 2.39. The number of rotatable bonds is 4. The maximum Gasteiger partial charge on any atom is 0.253 e. The van der Waals surface area contributed by atoms with Crippen LogP contribution in [0.3, 0.4) is 0 Å². The van der Waals surface area contributed by atoms with Crippen molar-refractivity contribution in [1.82, 2.24) is 0 Å². The Hall–Kier alpha value is -1.37. The molecule has 0 bridgehead atoms. The summed E-state index contributed by atoms with van der Waals surface area (Å²) in [7, 11) is -1.85. The van der Waals surface area contributed by atoms with Gasteiger partial charge in [-0.2, -0.15) is 0 Å². The van der Waals surface area contributed by atoms with E-state index in [9.17, 15) is 13.2 Å². The minimum Gasteiger partial charge on any atom is -0.375 e. The van der Waals surface area contributed by atoms with E-state index in [-0.39, 0.29) is 18.3 Å². The zero-order valence-corrected chi connectivity index (χ0v) is 13.3. The van der Waals surface area contributed by atoms with E-state index in [1.165, 1.54) is 18.1 Å². The van der Waals surface area contributed by atoms with Gasteiger partial charge in [-0.05, 0) is 30.7 Å². The molecule has 0 aliphatic carbocycles. The topological polar surface area (TPSA) is 63.7 Å². The van der Waals surface area contributed by atoms with Gasteiger partial charge in [0.2, 0.25) is 0 Å². The molecule has 1 aromatic rings. The van der Waals surface area contributed by atoms with E-state index in [2.05, 4.69) is 0 Å². The number of halogens is 1. The number of hydrogen-bond donors (Lipinski definition) is 0. The lowest BCUT2D eigenvalue weighted by molar-refractivity contribution is -0.122. The molecule has 0 N–H and O–H groups in total. The molecule has 1 amide bonds. The summed E-state index contributed by atoms with van der Waals surface area (Å²) in [6.45, 7) is 1.73. The minimum atomic E-state index is -3.26. The van der Waals surface area contributed by atoms with Crippen molar-refractivity contribution in [2.24, 2.45) is 0 Å². The molecule has 0 spiro atoms. The fourth-order valence-corrected chi connectivity index (χ4v) is 3.61. The number of nitrogens with zero attached hydrogens (tertiary/aromatic N) is 1. The summed E-state index contributed by atoms with van der Waals surface area (Å²) in [4.78, 5) is 13.7. The molecule has 1 heterocycles. The molecule has 0 saturated carbocycles. The van der Waals surface area contributed by atoms with Crippen molar-refractivity contribution < 1.29 is 17.9 Å². The zero-order chi connectivity index (χ0) is 15.6. The zero-order valence-electron chi connectivity index (χ0n) is 11.7. The molecule has 0 unspecified atom stereocenters. The van der Waals surface area contributed by atoms with Crippen LogP contribution in [0.25, 0.3) is 0 Å². The van der Waals surface area contributed by atoms with Gasteiger partial charge < -0.3 is 9.64 Å². The van der Waals surface area contributed by atoms with Crippen LogP contribution in [-0.4, -0.2) is 39.8 Å². The highest BCUT2D eigenvalue weighted by Crippen LogP contribution is 2.27. The van der Waals surface area contributed by atoms with Crippen molar-refractivity contribution in [2.75, 3.05) is 24.4 Å². The molecule has 1 aliphatic rings. The summed E-state index contributed by atoms with van der Waals surface area (Å²) >= 11 is 6.10. The fourth-order valence-electron chi connectivity index (χ4n) is 2.17. The molecule has 5 nitrogen and oxygen atoms in total. The molecule has 0 aromatic heterocycles. The average molecular weight is 330 g/mol. The van der Waals surface area contributed by atoms with Gasteiger partial charge >= 0.3 is 0 Å². The van der Waals surface area contributed by atoms with Crippen molar-refractivity contribution in [3.63, 3.8) is 0 Å². The third-order valence-electron chi connectivity index (χ3n) is 3.21. The minimum absolute atomic E-state index is 0.129. The van der Waals surface area contributed by atoms with Gasteiger partial charge in [0, 0.05) is 23.2 Å². The Morgan fingerprint density at radius 2 is 2.19 bits per heavy atom. The smallest absolute Gasteiger partial charge is 0.253 e. The molecule has 21 heavy (non-hydrogen) atoms. The van der Waals surface area contributed by atoms with Crippen LogP contribution < -0.4 is 4.90 Å². The molecule has 0 fully saturated rings. The highest BCUT2D eigenvalue weighted by atomic mass is 35.5. The lowest BCUT2D eigenvalue weighted by Crippen LogP contribution is -2.43. The van der Waals surface area contributed by atoms with Crippen molar-refractivity contribution in [3.8, 4) is 0 Å². The summed E-state index contributed by atoms with van der Waals surface area (Å²) in [6.07, 6.45) is 1.51. The highest BCUT2D eigenvalue weighted by Gasteiger charge is 2.31. The van der Waals surface area contributed by atoms with Crippen LogP contribution in [0, 0.1) is 6.92 Å². The Labute approximate surface area is 129 Å². The first-order valence-corrected chi connectivity index (χ1v) is 8.41. The van der Waals surface area contributed by atoms with Crippen LogP contribution in [0.15, 0.2) is 29.7 Å². The maximum atomic E-state index is 12.3. The van der Waals surface area contributed by atoms with E-state index < -0.39 is 15.9 Å². The molecule has 7 heteroatoms. The van der Waals surface area contributed by atoms with Gasteiger partial charge in [-0.1, -0.05) is 17.7 Å². The van der Waals surface area contributed by atoms with Gasteiger partial charge in [0.05, 0.1) is 11.8 Å². The van der Waals surface area contributed by atoms with Crippen LogP contribution in [-0.2, 0) is 19.4 Å². The van der Waals surface area contributed by atoms with E-state index in [0.717, 1.165) is 11.0 Å². The number of aryl methyl sites for hydroxylation is 1. The predicted octanol–water partition coefficient (Wildman–Crippen LogP) is 1.94. The van der Waals surface area contributed by atoms with Crippen molar-refractivity contribution >= 4 is 33.0 Å². The van der Waals surface area contributed by atoms with Crippen LogP contribution in [0.2, 0.25) is 5.02 Å². The standard InChI is InChI=1S/C14H16ClNO4S/c1-10-3-4-11(7-13(10)15)16(14(17)8-20-2)12-5-6-21(18,19)9-12/h3-7,12H,8-9H2,1-2H3/t12-/m1/s1. The number of anilines is 1. The first kappa shape index (κ1) is 16.0. The number of amides is 1. The molecule has 1 aliphatic heterocycles. The second-order valence-corrected chi connectivity index (χ2v) is 7.19. The molecular weight excluding hydrogens is 314 g/mol. The first-order valence-electron chi connectivity index (χ1n) is 6.32. The Kier molecular flexibility index (Phi) is 4.70. The number of ether oxygens (including phenoxy) is 1. The molecule has 2 rings (SSSR count). The molecular formula is C14H16ClNO4S. The number of benzene rings is 1. The summed E-state index contributed by atoms with van der Waals surface area (Å²) in [5.41, 5.74) is 1.44.